The van der Waals surface area contributed by atoms with Gasteiger partial charge in [0.1, 0.15) is 0 Å². The minimum atomic E-state index is -0.825. The zero-order chi connectivity index (χ0) is 13.7. The second-order valence-electron chi connectivity index (χ2n) is 4.19. The Bertz CT molecular complexity index is 465. The number of hydrogen-bond acceptors (Lipinski definition) is 3. The molecule has 0 spiro atoms. The third kappa shape index (κ3) is 4.76. The Balaban J connectivity index is 2.63. The minimum absolute atomic E-state index is 0.141. The zero-order valence-corrected chi connectivity index (χ0v) is 12.0. The van der Waals surface area contributed by atoms with Crippen molar-refractivity contribution >= 4 is 28.3 Å². The summed E-state index contributed by atoms with van der Waals surface area (Å²) in [5, 5.41) is 3.73. The van der Waals surface area contributed by atoms with Gasteiger partial charge in [-0.25, -0.2) is 0 Å². The minimum Gasteiger partial charge on any atom is -0.366 e. The first-order valence-corrected chi connectivity index (χ1v) is 7.62. The van der Waals surface area contributed by atoms with Crippen LogP contribution in [0.15, 0.2) is 18.2 Å². The maximum atomic E-state index is 11.0. The van der Waals surface area contributed by atoms with Crippen LogP contribution in [-0.4, -0.2) is 28.2 Å². The van der Waals surface area contributed by atoms with Crippen molar-refractivity contribution in [3.05, 3.63) is 34.3 Å². The molecule has 18 heavy (non-hydrogen) atoms. The van der Waals surface area contributed by atoms with Crippen molar-refractivity contribution < 1.29 is 9.00 Å². The van der Waals surface area contributed by atoms with E-state index in [9.17, 15) is 9.00 Å². The molecule has 0 aliphatic rings. The van der Waals surface area contributed by atoms with Crippen molar-refractivity contribution in [2.45, 2.75) is 19.5 Å². The van der Waals surface area contributed by atoms with Gasteiger partial charge >= 0.3 is 0 Å². The lowest BCUT2D eigenvalue weighted by atomic mass is 10.1. The molecule has 4 nitrogen and oxygen atoms in total. The smallest absolute Gasteiger partial charge is 0.248 e. The highest BCUT2D eigenvalue weighted by molar-refractivity contribution is 7.84. The summed E-state index contributed by atoms with van der Waals surface area (Å²) >= 11 is 6.05. The third-order valence-electron chi connectivity index (χ3n) is 2.46. The van der Waals surface area contributed by atoms with E-state index in [2.05, 4.69) is 5.32 Å². The molecule has 1 rings (SSSR count). The molecule has 0 radical (unpaired) electrons. The van der Waals surface area contributed by atoms with Crippen LogP contribution in [0.1, 0.15) is 22.8 Å². The number of rotatable bonds is 6. The van der Waals surface area contributed by atoms with Gasteiger partial charge in [-0.3, -0.25) is 9.00 Å². The van der Waals surface area contributed by atoms with Crippen LogP contribution in [-0.2, 0) is 17.3 Å². The van der Waals surface area contributed by atoms with E-state index in [0.29, 0.717) is 22.9 Å². The van der Waals surface area contributed by atoms with Crippen molar-refractivity contribution in [2.24, 2.45) is 5.73 Å². The number of hydrogen-bond donors (Lipinski definition) is 2. The first kappa shape index (κ1) is 15.1. The molecule has 2 atom stereocenters. The van der Waals surface area contributed by atoms with Gasteiger partial charge in [-0.1, -0.05) is 17.7 Å². The summed E-state index contributed by atoms with van der Waals surface area (Å²) in [7, 11) is -0.825. The zero-order valence-electron chi connectivity index (χ0n) is 10.4. The molecule has 1 aromatic rings. The molecule has 0 aliphatic carbocycles. The first-order valence-electron chi connectivity index (χ1n) is 5.51. The van der Waals surface area contributed by atoms with Crippen molar-refractivity contribution in [1.82, 2.24) is 5.32 Å². The number of halogens is 1. The topological polar surface area (TPSA) is 72.2 Å². The molecular weight excluding hydrogens is 272 g/mol. The molecule has 0 fully saturated rings. The monoisotopic (exact) mass is 288 g/mol. The van der Waals surface area contributed by atoms with E-state index in [-0.39, 0.29) is 6.04 Å². The maximum Gasteiger partial charge on any atom is 0.248 e. The predicted octanol–water partition coefficient (Wildman–Crippen LogP) is 1.30. The molecule has 100 valence electrons. The molecule has 0 bridgehead atoms. The Hall–Kier alpha value is -0.910. The number of benzene rings is 1. The largest absolute Gasteiger partial charge is 0.366 e. The summed E-state index contributed by atoms with van der Waals surface area (Å²) in [6.07, 6.45) is 1.67. The Morgan fingerprint density at radius 2 is 2.22 bits per heavy atom. The lowest BCUT2D eigenvalue weighted by Gasteiger charge is -2.13. The van der Waals surface area contributed by atoms with Crippen molar-refractivity contribution in [3.63, 3.8) is 0 Å². The summed E-state index contributed by atoms with van der Waals surface area (Å²) in [6.45, 7) is 2.53. The van der Waals surface area contributed by atoms with E-state index in [0.717, 1.165) is 5.56 Å². The average molecular weight is 289 g/mol. The van der Waals surface area contributed by atoms with Crippen LogP contribution in [0.2, 0.25) is 5.02 Å². The van der Waals surface area contributed by atoms with Crippen molar-refractivity contribution in [3.8, 4) is 0 Å². The van der Waals surface area contributed by atoms with Gasteiger partial charge in [0.25, 0.3) is 0 Å². The highest BCUT2D eigenvalue weighted by atomic mass is 35.5. The summed E-state index contributed by atoms with van der Waals surface area (Å²) < 4.78 is 11.0. The van der Waals surface area contributed by atoms with Gasteiger partial charge in [0, 0.05) is 46.0 Å². The second kappa shape index (κ2) is 6.87. The van der Waals surface area contributed by atoms with E-state index >= 15 is 0 Å². The van der Waals surface area contributed by atoms with Crippen molar-refractivity contribution in [2.75, 3.05) is 12.0 Å². The van der Waals surface area contributed by atoms with E-state index in [1.807, 2.05) is 6.92 Å². The third-order valence-corrected chi connectivity index (χ3v) is 3.78. The van der Waals surface area contributed by atoms with Crippen LogP contribution < -0.4 is 11.1 Å². The number of nitrogens with two attached hydrogens (primary N) is 1. The Kier molecular flexibility index (Phi) is 5.78. The maximum absolute atomic E-state index is 11.0. The van der Waals surface area contributed by atoms with Crippen LogP contribution in [0.3, 0.4) is 0 Å². The predicted molar refractivity (Wildman–Crippen MR) is 75.2 cm³/mol. The Labute approximate surface area is 114 Å². The average Bonchev–Trinajstić information content (AvgIpc) is 2.26. The number of carbonyl (C=O) groups is 1. The van der Waals surface area contributed by atoms with E-state index in [4.69, 9.17) is 17.3 Å². The molecule has 2 unspecified atom stereocenters. The SMILES string of the molecule is CC(CS(C)=O)NCc1ccc(C(N)=O)cc1Cl. The van der Waals surface area contributed by atoms with Gasteiger partial charge in [0.05, 0.1) is 0 Å². The highest BCUT2D eigenvalue weighted by Gasteiger charge is 2.08. The lowest BCUT2D eigenvalue weighted by molar-refractivity contribution is 0.100. The van der Waals surface area contributed by atoms with E-state index in [1.54, 1.807) is 24.5 Å². The number of amides is 1. The molecule has 0 aromatic heterocycles. The molecule has 1 aromatic carbocycles. The van der Waals surface area contributed by atoms with E-state index in [1.165, 1.54) is 0 Å². The van der Waals surface area contributed by atoms with Crippen LogP contribution >= 0.6 is 11.6 Å². The summed E-state index contributed by atoms with van der Waals surface area (Å²) in [4.78, 5) is 11.0. The number of primary amides is 1. The summed E-state index contributed by atoms with van der Waals surface area (Å²) in [5.41, 5.74) is 6.44. The first-order chi connectivity index (χ1) is 8.40. The highest BCUT2D eigenvalue weighted by Crippen LogP contribution is 2.17. The normalized spacial score (nSPS) is 14.2. The number of carbonyl (C=O) groups excluding carboxylic acids is 1. The standard InChI is InChI=1S/C12H17ClN2O2S/c1-8(7-18(2)17)15-6-10-4-3-9(12(14)16)5-11(10)13/h3-5,8,15H,6-7H2,1-2H3,(H2,14,16). The molecule has 3 N–H and O–H groups in total. The summed E-state index contributed by atoms with van der Waals surface area (Å²) in [5.74, 6) is 0.0999. The molecule has 0 saturated carbocycles. The molecule has 0 saturated heterocycles. The van der Waals surface area contributed by atoms with Gasteiger partial charge < -0.3 is 11.1 Å². The Morgan fingerprint density at radius 1 is 1.56 bits per heavy atom. The van der Waals surface area contributed by atoms with Gasteiger partial charge in [-0.05, 0) is 24.6 Å². The molecule has 1 amide bonds. The van der Waals surface area contributed by atoms with Gasteiger partial charge in [-0.2, -0.15) is 0 Å². The fourth-order valence-corrected chi connectivity index (χ4v) is 2.61. The summed E-state index contributed by atoms with van der Waals surface area (Å²) in [6, 6.07) is 5.12. The Morgan fingerprint density at radius 3 is 2.72 bits per heavy atom. The van der Waals surface area contributed by atoms with Crippen LogP contribution in [0.4, 0.5) is 0 Å². The lowest BCUT2D eigenvalue weighted by Crippen LogP contribution is -2.30. The van der Waals surface area contributed by atoms with Gasteiger partial charge in [-0.15, -0.1) is 0 Å². The second-order valence-corrected chi connectivity index (χ2v) is 6.08. The van der Waals surface area contributed by atoms with Crippen molar-refractivity contribution in [1.29, 1.82) is 0 Å². The quantitative estimate of drug-likeness (QED) is 0.829. The van der Waals surface area contributed by atoms with Crippen LogP contribution in [0, 0.1) is 0 Å². The molecule has 0 aliphatic heterocycles. The molecule has 6 heteroatoms. The molecular formula is C12H17ClN2O2S. The van der Waals surface area contributed by atoms with E-state index < -0.39 is 16.7 Å². The van der Waals surface area contributed by atoms with Gasteiger partial charge in [0.15, 0.2) is 0 Å². The van der Waals surface area contributed by atoms with Gasteiger partial charge in [0.2, 0.25) is 5.91 Å². The fraction of sp³-hybridized carbons (Fsp3) is 0.417. The van der Waals surface area contributed by atoms with Crippen LogP contribution in [0.25, 0.3) is 0 Å². The number of nitrogens with one attached hydrogen (secondary N) is 1. The fourth-order valence-electron chi connectivity index (χ4n) is 1.54. The van der Waals surface area contributed by atoms with Crippen LogP contribution in [0.5, 0.6) is 0 Å². The molecule has 0 heterocycles.